The summed E-state index contributed by atoms with van der Waals surface area (Å²) < 4.78 is 27.6. The molecule has 0 saturated carbocycles. The summed E-state index contributed by atoms with van der Waals surface area (Å²) in [6.07, 6.45) is 0.981. The molecule has 1 atom stereocenters. The fraction of sp³-hybridized carbons (Fsp3) is 0.455. The average molecular weight is 446 g/mol. The number of benzene rings is 1. The molecule has 162 valence electrons. The van der Waals surface area contributed by atoms with Gasteiger partial charge in [0.1, 0.15) is 13.9 Å². The summed E-state index contributed by atoms with van der Waals surface area (Å²) in [5.74, 6) is 0.380. The van der Waals surface area contributed by atoms with Crippen LogP contribution in [0.4, 0.5) is 5.82 Å². The molecule has 1 aliphatic heterocycles. The average Bonchev–Trinajstić information content (AvgIpc) is 2.93. The monoisotopic (exact) mass is 445 g/mol. The molecule has 1 N–H and O–H groups in total. The zero-order valence-corrected chi connectivity index (χ0v) is 20.4. The van der Waals surface area contributed by atoms with Crippen molar-refractivity contribution in [3.8, 4) is 0 Å². The molecule has 0 spiro atoms. The minimum Gasteiger partial charge on any atom is -0.351 e. The highest BCUT2D eigenvalue weighted by Crippen LogP contribution is 2.37. The van der Waals surface area contributed by atoms with E-state index in [1.165, 1.54) is 12.1 Å². The van der Waals surface area contributed by atoms with Gasteiger partial charge >= 0.3 is 0 Å². The lowest BCUT2D eigenvalue weighted by atomic mass is 9.97. The minimum absolute atomic E-state index is 0.0571. The topological polar surface area (TPSA) is 79.4 Å². The molecule has 1 amide bonds. The van der Waals surface area contributed by atoms with Gasteiger partial charge in [0.2, 0.25) is 0 Å². The number of sulfonamides is 1. The standard InChI is InChI=1S/C22H31N3O3SSi/c1-16-14-22(2,3)25(15-16)20-18(12-13-19(23-20)30(4,5)6)21(26)24-29(27,28)17-10-8-7-9-11-17/h7-13,16H,14-15H2,1-6H3,(H,24,26)/t16-/m0/s1. The van der Waals surface area contributed by atoms with Crippen molar-refractivity contribution in [2.75, 3.05) is 11.4 Å². The quantitative estimate of drug-likeness (QED) is 0.714. The first kappa shape index (κ1) is 22.5. The molecular weight excluding hydrogens is 414 g/mol. The summed E-state index contributed by atoms with van der Waals surface area (Å²) >= 11 is 0. The van der Waals surface area contributed by atoms with Crippen LogP contribution in [0, 0.1) is 5.92 Å². The second-order valence-corrected chi connectivity index (χ2v) is 16.5. The molecule has 0 unspecified atom stereocenters. The third-order valence-corrected chi connectivity index (χ3v) is 8.66. The minimum atomic E-state index is -3.96. The van der Waals surface area contributed by atoms with Crippen LogP contribution in [0.15, 0.2) is 47.4 Å². The maximum absolute atomic E-state index is 13.1. The summed E-state index contributed by atoms with van der Waals surface area (Å²) in [6.45, 7) is 13.9. The van der Waals surface area contributed by atoms with Crippen LogP contribution < -0.4 is 14.9 Å². The van der Waals surface area contributed by atoms with Crippen molar-refractivity contribution in [1.82, 2.24) is 9.71 Å². The third-order valence-electron chi connectivity index (χ3n) is 5.50. The fourth-order valence-corrected chi connectivity index (χ4v) is 6.06. The predicted octanol–water partition coefficient (Wildman–Crippen LogP) is 3.37. The van der Waals surface area contributed by atoms with Gasteiger partial charge in [0.15, 0.2) is 0 Å². The van der Waals surface area contributed by atoms with E-state index in [2.05, 4.69) is 50.0 Å². The Kier molecular flexibility index (Phi) is 5.86. The first-order chi connectivity index (χ1) is 13.8. The van der Waals surface area contributed by atoms with E-state index in [-0.39, 0.29) is 10.4 Å². The summed E-state index contributed by atoms with van der Waals surface area (Å²) in [7, 11) is -5.69. The van der Waals surface area contributed by atoms with E-state index in [1.807, 2.05) is 6.07 Å². The van der Waals surface area contributed by atoms with Crippen LogP contribution in [-0.2, 0) is 10.0 Å². The third kappa shape index (κ3) is 4.59. The second kappa shape index (κ2) is 7.81. The van der Waals surface area contributed by atoms with Gasteiger partial charge in [-0.05, 0) is 50.5 Å². The molecule has 0 radical (unpaired) electrons. The highest BCUT2D eigenvalue weighted by molar-refractivity contribution is 7.90. The van der Waals surface area contributed by atoms with Gasteiger partial charge in [-0.1, -0.05) is 44.8 Å². The number of hydrogen-bond acceptors (Lipinski definition) is 5. The van der Waals surface area contributed by atoms with Gasteiger partial charge in [-0.2, -0.15) is 0 Å². The number of pyridine rings is 1. The van der Waals surface area contributed by atoms with Crippen LogP contribution in [0.2, 0.25) is 19.6 Å². The number of carbonyl (C=O) groups excluding carboxylic acids is 1. The molecular formula is C22H31N3O3SSi. The molecule has 8 heteroatoms. The van der Waals surface area contributed by atoms with Crippen molar-refractivity contribution in [3.63, 3.8) is 0 Å². The molecule has 1 fully saturated rings. The smallest absolute Gasteiger partial charge is 0.268 e. The van der Waals surface area contributed by atoms with Crippen LogP contribution in [-0.4, -0.2) is 39.5 Å². The number of nitrogens with one attached hydrogen (secondary N) is 1. The highest BCUT2D eigenvalue weighted by atomic mass is 32.2. The molecule has 1 aromatic heterocycles. The lowest BCUT2D eigenvalue weighted by Crippen LogP contribution is -2.45. The van der Waals surface area contributed by atoms with Gasteiger partial charge < -0.3 is 4.90 Å². The second-order valence-electron chi connectivity index (χ2n) is 9.80. The van der Waals surface area contributed by atoms with E-state index in [0.717, 1.165) is 18.3 Å². The normalized spacial score (nSPS) is 19.0. The maximum atomic E-state index is 13.1. The Balaban J connectivity index is 2.05. The predicted molar refractivity (Wildman–Crippen MR) is 124 cm³/mol. The van der Waals surface area contributed by atoms with Crippen molar-refractivity contribution < 1.29 is 13.2 Å². The highest BCUT2D eigenvalue weighted by Gasteiger charge is 2.39. The van der Waals surface area contributed by atoms with Crippen molar-refractivity contribution in [2.45, 2.75) is 57.3 Å². The molecule has 1 aliphatic rings. The SMILES string of the molecule is C[C@@H]1CN(c2nc([Si](C)(C)C)ccc2C(=O)NS(=O)(=O)c2ccccc2)C(C)(C)C1. The summed E-state index contributed by atoms with van der Waals surface area (Å²) in [6, 6.07) is 11.5. The molecule has 1 saturated heterocycles. The summed E-state index contributed by atoms with van der Waals surface area (Å²) in [5, 5.41) is 0.996. The molecule has 2 aromatic rings. The molecule has 3 rings (SSSR count). The van der Waals surface area contributed by atoms with Crippen molar-refractivity contribution in [3.05, 3.63) is 48.0 Å². The van der Waals surface area contributed by atoms with Crippen LogP contribution in [0.1, 0.15) is 37.6 Å². The Labute approximate surface area is 180 Å². The number of rotatable bonds is 5. The molecule has 6 nitrogen and oxygen atoms in total. The summed E-state index contributed by atoms with van der Waals surface area (Å²) in [5.41, 5.74) is 0.122. The first-order valence-corrected chi connectivity index (χ1v) is 15.2. The van der Waals surface area contributed by atoms with Crippen molar-refractivity contribution >= 4 is 35.1 Å². The number of anilines is 1. The van der Waals surface area contributed by atoms with Crippen LogP contribution >= 0.6 is 0 Å². The maximum Gasteiger partial charge on any atom is 0.268 e. The van der Waals surface area contributed by atoms with E-state index < -0.39 is 24.0 Å². The number of hydrogen-bond donors (Lipinski definition) is 1. The lowest BCUT2D eigenvalue weighted by Gasteiger charge is -2.34. The Morgan fingerprint density at radius 2 is 1.77 bits per heavy atom. The number of nitrogens with zero attached hydrogens (tertiary/aromatic N) is 2. The zero-order valence-electron chi connectivity index (χ0n) is 18.6. The molecule has 2 heterocycles. The zero-order chi connectivity index (χ0) is 22.3. The van der Waals surface area contributed by atoms with Crippen LogP contribution in [0.3, 0.4) is 0 Å². The number of carbonyl (C=O) groups is 1. The Morgan fingerprint density at radius 3 is 2.30 bits per heavy atom. The molecule has 0 aliphatic carbocycles. The van der Waals surface area contributed by atoms with Gasteiger partial charge in [-0.15, -0.1) is 0 Å². The Hall–Kier alpha value is -2.19. The van der Waals surface area contributed by atoms with Gasteiger partial charge in [0.25, 0.3) is 15.9 Å². The largest absolute Gasteiger partial charge is 0.351 e. The van der Waals surface area contributed by atoms with Crippen LogP contribution in [0.5, 0.6) is 0 Å². The van der Waals surface area contributed by atoms with E-state index >= 15 is 0 Å². The van der Waals surface area contributed by atoms with E-state index in [9.17, 15) is 13.2 Å². The molecule has 0 bridgehead atoms. The number of aromatic nitrogens is 1. The fourth-order valence-electron chi connectivity index (χ4n) is 4.04. The van der Waals surface area contributed by atoms with Crippen LogP contribution in [0.25, 0.3) is 0 Å². The van der Waals surface area contributed by atoms with Gasteiger partial charge in [-0.3, -0.25) is 4.79 Å². The van der Waals surface area contributed by atoms with Gasteiger partial charge in [0, 0.05) is 17.4 Å². The first-order valence-electron chi connectivity index (χ1n) is 10.2. The summed E-state index contributed by atoms with van der Waals surface area (Å²) in [4.78, 5) is 20.2. The lowest BCUT2D eigenvalue weighted by molar-refractivity contribution is 0.0981. The van der Waals surface area contributed by atoms with E-state index in [0.29, 0.717) is 17.3 Å². The van der Waals surface area contributed by atoms with E-state index in [1.54, 1.807) is 24.3 Å². The van der Waals surface area contributed by atoms with E-state index in [4.69, 9.17) is 4.98 Å². The van der Waals surface area contributed by atoms with Crippen molar-refractivity contribution in [1.29, 1.82) is 0 Å². The number of amides is 1. The van der Waals surface area contributed by atoms with Crippen molar-refractivity contribution in [2.24, 2.45) is 5.92 Å². The molecule has 1 aromatic carbocycles. The van der Waals surface area contributed by atoms with Gasteiger partial charge in [0.05, 0.1) is 10.5 Å². The Morgan fingerprint density at radius 1 is 1.13 bits per heavy atom. The van der Waals surface area contributed by atoms with Gasteiger partial charge in [-0.25, -0.2) is 18.1 Å². The molecule has 30 heavy (non-hydrogen) atoms. The Bertz CT molecular complexity index is 1050.